The standard InChI is InChI=1S/C10H14ClN3O2/c1-12-5-6-13(2)10-4-3-8(14(15)16)7-9(10)11/h3-4,7,12H,5-6H2,1-2H3. The maximum Gasteiger partial charge on any atom is 0.271 e. The molecule has 0 amide bonds. The summed E-state index contributed by atoms with van der Waals surface area (Å²) in [5.74, 6) is 0. The second-order valence-corrected chi connectivity index (χ2v) is 3.83. The molecule has 0 unspecified atom stereocenters. The Hall–Kier alpha value is -1.33. The lowest BCUT2D eigenvalue weighted by Crippen LogP contribution is -2.27. The topological polar surface area (TPSA) is 58.4 Å². The minimum Gasteiger partial charge on any atom is -0.372 e. The lowest BCUT2D eigenvalue weighted by molar-refractivity contribution is -0.384. The van der Waals surface area contributed by atoms with Gasteiger partial charge in [-0.25, -0.2) is 0 Å². The molecule has 0 fully saturated rings. The van der Waals surface area contributed by atoms with Crippen LogP contribution < -0.4 is 10.2 Å². The average Bonchev–Trinajstić information content (AvgIpc) is 2.25. The van der Waals surface area contributed by atoms with Gasteiger partial charge in [-0.05, 0) is 13.1 Å². The molecule has 5 nitrogen and oxygen atoms in total. The third-order valence-corrected chi connectivity index (χ3v) is 2.55. The van der Waals surface area contributed by atoms with E-state index in [1.165, 1.54) is 12.1 Å². The van der Waals surface area contributed by atoms with Gasteiger partial charge in [0.2, 0.25) is 0 Å². The first kappa shape index (κ1) is 12.7. The predicted octanol–water partition coefficient (Wildman–Crippen LogP) is 1.90. The summed E-state index contributed by atoms with van der Waals surface area (Å²) in [6.45, 7) is 1.61. The number of nitro benzene ring substituents is 1. The zero-order valence-corrected chi connectivity index (χ0v) is 9.99. The van der Waals surface area contributed by atoms with Gasteiger partial charge in [-0.3, -0.25) is 10.1 Å². The summed E-state index contributed by atoms with van der Waals surface area (Å²) >= 11 is 5.98. The Kier molecular flexibility index (Phi) is 4.52. The van der Waals surface area contributed by atoms with E-state index >= 15 is 0 Å². The van der Waals surface area contributed by atoms with Crippen LogP contribution in [0.15, 0.2) is 18.2 Å². The van der Waals surface area contributed by atoms with Gasteiger partial charge in [-0.15, -0.1) is 0 Å². The van der Waals surface area contributed by atoms with Crippen molar-refractivity contribution in [2.45, 2.75) is 0 Å². The van der Waals surface area contributed by atoms with Crippen molar-refractivity contribution >= 4 is 23.0 Å². The Morgan fingerprint density at radius 2 is 2.25 bits per heavy atom. The van der Waals surface area contributed by atoms with Crippen molar-refractivity contribution in [1.82, 2.24) is 5.32 Å². The molecule has 1 aromatic rings. The highest BCUT2D eigenvalue weighted by Crippen LogP contribution is 2.28. The average molecular weight is 244 g/mol. The fraction of sp³-hybridized carbons (Fsp3) is 0.400. The van der Waals surface area contributed by atoms with Gasteiger partial charge < -0.3 is 10.2 Å². The third-order valence-electron chi connectivity index (χ3n) is 2.25. The van der Waals surface area contributed by atoms with Gasteiger partial charge in [0, 0.05) is 32.3 Å². The molecular formula is C10H14ClN3O2. The molecule has 0 aliphatic carbocycles. The van der Waals surface area contributed by atoms with E-state index < -0.39 is 4.92 Å². The lowest BCUT2D eigenvalue weighted by atomic mass is 10.2. The molecule has 0 bridgehead atoms. The molecule has 16 heavy (non-hydrogen) atoms. The van der Waals surface area contributed by atoms with Crippen LogP contribution in [0.25, 0.3) is 0 Å². The van der Waals surface area contributed by atoms with Gasteiger partial charge in [0.25, 0.3) is 5.69 Å². The first-order valence-electron chi connectivity index (χ1n) is 4.86. The first-order chi connectivity index (χ1) is 7.56. The van der Waals surface area contributed by atoms with Crippen molar-refractivity contribution in [3.63, 3.8) is 0 Å². The molecule has 1 rings (SSSR count). The zero-order valence-electron chi connectivity index (χ0n) is 9.24. The van der Waals surface area contributed by atoms with Gasteiger partial charge >= 0.3 is 0 Å². The van der Waals surface area contributed by atoms with Crippen LogP contribution in [0.3, 0.4) is 0 Å². The molecule has 0 saturated carbocycles. The van der Waals surface area contributed by atoms with E-state index in [1.54, 1.807) is 6.07 Å². The van der Waals surface area contributed by atoms with Crippen LogP contribution in [0, 0.1) is 10.1 Å². The van der Waals surface area contributed by atoms with Crippen molar-refractivity contribution in [3.8, 4) is 0 Å². The Labute approximate surface area is 99.2 Å². The minimum atomic E-state index is -0.455. The number of halogens is 1. The SMILES string of the molecule is CNCCN(C)c1ccc([N+](=O)[O-])cc1Cl. The van der Waals surface area contributed by atoms with Crippen molar-refractivity contribution in [1.29, 1.82) is 0 Å². The highest BCUT2D eigenvalue weighted by Gasteiger charge is 2.11. The smallest absolute Gasteiger partial charge is 0.271 e. The normalized spacial score (nSPS) is 10.2. The van der Waals surface area contributed by atoms with E-state index in [1.807, 2.05) is 19.0 Å². The van der Waals surface area contributed by atoms with Crippen LogP contribution in [0.4, 0.5) is 11.4 Å². The Bertz CT molecular complexity index is 384. The number of likely N-dealkylation sites (N-methyl/N-ethyl adjacent to an activating group) is 2. The maximum absolute atomic E-state index is 10.5. The zero-order chi connectivity index (χ0) is 12.1. The summed E-state index contributed by atoms with van der Waals surface area (Å²) in [7, 11) is 3.76. The molecule has 0 atom stereocenters. The molecule has 0 saturated heterocycles. The fourth-order valence-electron chi connectivity index (χ4n) is 1.32. The molecular weight excluding hydrogens is 230 g/mol. The lowest BCUT2D eigenvalue weighted by Gasteiger charge is -2.20. The molecule has 0 aliphatic rings. The van der Waals surface area contributed by atoms with Crippen molar-refractivity contribution in [3.05, 3.63) is 33.3 Å². The second-order valence-electron chi connectivity index (χ2n) is 3.42. The number of benzene rings is 1. The van der Waals surface area contributed by atoms with Crippen LogP contribution in [0.5, 0.6) is 0 Å². The maximum atomic E-state index is 10.5. The summed E-state index contributed by atoms with van der Waals surface area (Å²) in [6.07, 6.45) is 0. The van der Waals surface area contributed by atoms with Gasteiger partial charge in [0.05, 0.1) is 15.6 Å². The van der Waals surface area contributed by atoms with E-state index in [-0.39, 0.29) is 5.69 Å². The van der Waals surface area contributed by atoms with Crippen LogP contribution in [-0.4, -0.2) is 32.1 Å². The van der Waals surface area contributed by atoms with Crippen LogP contribution in [0.2, 0.25) is 5.02 Å². The molecule has 88 valence electrons. The number of hydrogen-bond donors (Lipinski definition) is 1. The summed E-state index contributed by atoms with van der Waals surface area (Å²) in [6, 6.07) is 4.49. The molecule has 1 N–H and O–H groups in total. The third kappa shape index (κ3) is 3.08. The van der Waals surface area contributed by atoms with E-state index in [9.17, 15) is 10.1 Å². The number of non-ortho nitro benzene ring substituents is 1. The Balaban J connectivity index is 2.85. The van der Waals surface area contributed by atoms with Gasteiger partial charge in [-0.1, -0.05) is 11.6 Å². The molecule has 0 aromatic heterocycles. The van der Waals surface area contributed by atoms with Crippen LogP contribution in [-0.2, 0) is 0 Å². The van der Waals surface area contributed by atoms with Crippen LogP contribution in [0.1, 0.15) is 0 Å². The van der Waals surface area contributed by atoms with E-state index in [0.29, 0.717) is 5.02 Å². The predicted molar refractivity (Wildman–Crippen MR) is 65.3 cm³/mol. The number of nitrogens with one attached hydrogen (secondary N) is 1. The molecule has 0 heterocycles. The molecule has 0 aliphatic heterocycles. The highest BCUT2D eigenvalue weighted by atomic mass is 35.5. The summed E-state index contributed by atoms with van der Waals surface area (Å²) in [5, 5.41) is 14.0. The molecule has 1 aromatic carbocycles. The molecule has 0 spiro atoms. The minimum absolute atomic E-state index is 0.00997. The fourth-order valence-corrected chi connectivity index (χ4v) is 1.64. The van der Waals surface area contributed by atoms with Crippen molar-refractivity contribution in [2.75, 3.05) is 32.1 Å². The van der Waals surface area contributed by atoms with Crippen LogP contribution >= 0.6 is 11.6 Å². The number of rotatable bonds is 5. The van der Waals surface area contributed by atoms with Gasteiger partial charge in [-0.2, -0.15) is 0 Å². The van der Waals surface area contributed by atoms with Gasteiger partial charge in [0.15, 0.2) is 0 Å². The van der Waals surface area contributed by atoms with Crippen molar-refractivity contribution in [2.24, 2.45) is 0 Å². The number of hydrogen-bond acceptors (Lipinski definition) is 4. The summed E-state index contributed by atoms with van der Waals surface area (Å²) < 4.78 is 0. The van der Waals surface area contributed by atoms with E-state index in [0.717, 1.165) is 18.8 Å². The summed E-state index contributed by atoms with van der Waals surface area (Å²) in [4.78, 5) is 12.0. The molecule has 0 radical (unpaired) electrons. The van der Waals surface area contributed by atoms with Crippen molar-refractivity contribution < 1.29 is 4.92 Å². The Morgan fingerprint density at radius 1 is 1.56 bits per heavy atom. The highest BCUT2D eigenvalue weighted by molar-refractivity contribution is 6.33. The number of nitro groups is 1. The number of nitrogens with zero attached hydrogens (tertiary/aromatic N) is 2. The first-order valence-corrected chi connectivity index (χ1v) is 5.23. The Morgan fingerprint density at radius 3 is 2.75 bits per heavy atom. The van der Waals surface area contributed by atoms with E-state index in [4.69, 9.17) is 11.6 Å². The van der Waals surface area contributed by atoms with E-state index in [2.05, 4.69) is 5.32 Å². The largest absolute Gasteiger partial charge is 0.372 e. The quantitative estimate of drug-likeness (QED) is 0.634. The second kappa shape index (κ2) is 5.67. The monoisotopic (exact) mass is 243 g/mol. The van der Waals surface area contributed by atoms with Gasteiger partial charge in [0.1, 0.15) is 0 Å². The summed E-state index contributed by atoms with van der Waals surface area (Å²) in [5.41, 5.74) is 0.804. The number of anilines is 1. The molecule has 6 heteroatoms.